The molecule has 2 aromatic rings. The van der Waals surface area contributed by atoms with Crippen molar-refractivity contribution in [1.82, 2.24) is 5.32 Å². The first-order valence-electron chi connectivity index (χ1n) is 7.59. The normalized spacial score (nSPS) is 13.4. The number of amides is 1. The van der Waals surface area contributed by atoms with Gasteiger partial charge in [0.05, 0.1) is 24.5 Å². The maximum atomic E-state index is 11.9. The van der Waals surface area contributed by atoms with Crippen molar-refractivity contribution in [1.29, 1.82) is 0 Å². The molecule has 0 fully saturated rings. The summed E-state index contributed by atoms with van der Waals surface area (Å²) in [6, 6.07) is 7.32. The summed E-state index contributed by atoms with van der Waals surface area (Å²) in [7, 11) is 0. The molecular weight excluding hydrogens is 318 g/mol. The number of carbonyl (C=O) groups excluding carboxylic acids is 1. The number of benzene rings is 1. The standard InChI is InChI=1S/C17H18ClNO4/c18-14-9-12(10-15-17(14)23-8-2-7-22-15)11-19-16(20)5-4-13-3-1-6-21-13/h1,3,6,9-10H,2,4-5,7-8,11H2,(H,19,20). The van der Waals surface area contributed by atoms with Crippen LogP contribution in [0.15, 0.2) is 34.9 Å². The highest BCUT2D eigenvalue weighted by Crippen LogP contribution is 2.37. The summed E-state index contributed by atoms with van der Waals surface area (Å²) < 4.78 is 16.4. The molecule has 0 atom stereocenters. The SMILES string of the molecule is O=C(CCc1ccco1)NCc1cc(Cl)c2c(c1)OCCCO2. The second-order valence-electron chi connectivity index (χ2n) is 5.31. The lowest BCUT2D eigenvalue weighted by atomic mass is 10.2. The number of ether oxygens (including phenoxy) is 2. The topological polar surface area (TPSA) is 60.7 Å². The summed E-state index contributed by atoms with van der Waals surface area (Å²) in [5.74, 6) is 1.98. The molecule has 0 spiro atoms. The van der Waals surface area contributed by atoms with E-state index in [1.165, 1.54) is 0 Å². The minimum Gasteiger partial charge on any atom is -0.489 e. The fourth-order valence-corrected chi connectivity index (χ4v) is 2.65. The van der Waals surface area contributed by atoms with Gasteiger partial charge >= 0.3 is 0 Å². The third-order valence-corrected chi connectivity index (χ3v) is 3.81. The Labute approximate surface area is 139 Å². The zero-order chi connectivity index (χ0) is 16.1. The third kappa shape index (κ3) is 4.20. The second kappa shape index (κ2) is 7.42. The van der Waals surface area contributed by atoms with Crippen LogP contribution in [0.3, 0.4) is 0 Å². The predicted octanol–water partition coefficient (Wildman–Crippen LogP) is 3.34. The van der Waals surface area contributed by atoms with Crippen LogP contribution in [-0.2, 0) is 17.8 Å². The van der Waals surface area contributed by atoms with Gasteiger partial charge < -0.3 is 19.2 Å². The van der Waals surface area contributed by atoms with Crippen LogP contribution in [0.25, 0.3) is 0 Å². The molecule has 6 heteroatoms. The molecule has 0 bridgehead atoms. The summed E-state index contributed by atoms with van der Waals surface area (Å²) in [6.45, 7) is 1.59. The number of carbonyl (C=O) groups is 1. The molecule has 1 aliphatic rings. The van der Waals surface area contributed by atoms with Crippen molar-refractivity contribution in [3.05, 3.63) is 46.9 Å². The van der Waals surface area contributed by atoms with E-state index >= 15 is 0 Å². The molecule has 0 saturated heterocycles. The smallest absolute Gasteiger partial charge is 0.220 e. The van der Waals surface area contributed by atoms with Crippen LogP contribution in [0.1, 0.15) is 24.2 Å². The molecule has 1 amide bonds. The van der Waals surface area contributed by atoms with Crippen molar-refractivity contribution >= 4 is 17.5 Å². The average Bonchev–Trinajstić information content (AvgIpc) is 2.95. The summed E-state index contributed by atoms with van der Waals surface area (Å²) in [6.07, 6.45) is 3.39. The van der Waals surface area contributed by atoms with E-state index in [2.05, 4.69) is 5.32 Å². The van der Waals surface area contributed by atoms with E-state index in [0.29, 0.717) is 49.1 Å². The molecule has 0 radical (unpaired) electrons. The Balaban J connectivity index is 1.56. The quantitative estimate of drug-likeness (QED) is 0.910. The van der Waals surface area contributed by atoms with Gasteiger partial charge in [-0.25, -0.2) is 0 Å². The molecule has 0 saturated carbocycles. The molecule has 2 heterocycles. The number of aryl methyl sites for hydroxylation is 1. The van der Waals surface area contributed by atoms with Crippen molar-refractivity contribution in [2.45, 2.75) is 25.8 Å². The van der Waals surface area contributed by atoms with E-state index < -0.39 is 0 Å². The molecule has 122 valence electrons. The van der Waals surface area contributed by atoms with Gasteiger partial charge in [-0.15, -0.1) is 0 Å². The van der Waals surface area contributed by atoms with Crippen LogP contribution < -0.4 is 14.8 Å². The van der Waals surface area contributed by atoms with Crippen molar-refractivity contribution in [2.75, 3.05) is 13.2 Å². The van der Waals surface area contributed by atoms with E-state index in [1.807, 2.05) is 18.2 Å². The molecule has 3 rings (SSSR count). The zero-order valence-corrected chi connectivity index (χ0v) is 13.4. The van der Waals surface area contributed by atoms with Crippen LogP contribution in [0.2, 0.25) is 5.02 Å². The van der Waals surface area contributed by atoms with Crippen molar-refractivity contribution < 1.29 is 18.7 Å². The predicted molar refractivity (Wildman–Crippen MR) is 85.9 cm³/mol. The summed E-state index contributed by atoms with van der Waals surface area (Å²) in [5, 5.41) is 3.38. The van der Waals surface area contributed by atoms with Gasteiger partial charge in [0.2, 0.25) is 5.91 Å². The summed E-state index contributed by atoms with van der Waals surface area (Å²) in [5.41, 5.74) is 0.880. The first kappa shape index (κ1) is 15.7. The third-order valence-electron chi connectivity index (χ3n) is 3.53. The van der Waals surface area contributed by atoms with Crippen LogP contribution in [-0.4, -0.2) is 19.1 Å². The molecule has 1 aromatic heterocycles. The molecule has 1 N–H and O–H groups in total. The monoisotopic (exact) mass is 335 g/mol. The largest absolute Gasteiger partial charge is 0.489 e. The van der Waals surface area contributed by atoms with Gasteiger partial charge in [0.25, 0.3) is 0 Å². The highest BCUT2D eigenvalue weighted by Gasteiger charge is 2.15. The maximum Gasteiger partial charge on any atom is 0.220 e. The minimum absolute atomic E-state index is 0.0374. The number of hydrogen-bond donors (Lipinski definition) is 1. The van der Waals surface area contributed by atoms with E-state index in [0.717, 1.165) is 17.7 Å². The van der Waals surface area contributed by atoms with E-state index in [4.69, 9.17) is 25.5 Å². The number of fused-ring (bicyclic) bond motifs is 1. The molecule has 1 aliphatic heterocycles. The molecule has 0 unspecified atom stereocenters. The molecule has 1 aromatic carbocycles. The van der Waals surface area contributed by atoms with Gasteiger partial charge in [0, 0.05) is 25.8 Å². The van der Waals surface area contributed by atoms with E-state index in [1.54, 1.807) is 12.3 Å². The summed E-state index contributed by atoms with van der Waals surface area (Å²) in [4.78, 5) is 11.9. The summed E-state index contributed by atoms with van der Waals surface area (Å²) >= 11 is 6.23. The Morgan fingerprint density at radius 1 is 1.26 bits per heavy atom. The fraction of sp³-hybridized carbons (Fsp3) is 0.353. The van der Waals surface area contributed by atoms with Gasteiger partial charge in [0.1, 0.15) is 5.76 Å². The number of halogens is 1. The number of furan rings is 1. The van der Waals surface area contributed by atoms with E-state index in [-0.39, 0.29) is 5.91 Å². The second-order valence-corrected chi connectivity index (χ2v) is 5.72. The molecule has 5 nitrogen and oxygen atoms in total. The maximum absolute atomic E-state index is 11.9. The van der Waals surface area contributed by atoms with Gasteiger partial charge in [-0.1, -0.05) is 11.6 Å². The lowest BCUT2D eigenvalue weighted by Gasteiger charge is -2.12. The Kier molecular flexibility index (Phi) is 5.08. The van der Waals surface area contributed by atoms with Crippen molar-refractivity contribution in [2.24, 2.45) is 0 Å². The fourth-order valence-electron chi connectivity index (χ4n) is 2.37. The first-order chi connectivity index (χ1) is 11.2. The van der Waals surface area contributed by atoms with Gasteiger partial charge in [-0.2, -0.15) is 0 Å². The molecule has 0 aliphatic carbocycles. The van der Waals surface area contributed by atoms with Gasteiger partial charge in [-0.05, 0) is 29.8 Å². The van der Waals surface area contributed by atoms with Crippen LogP contribution in [0.5, 0.6) is 11.5 Å². The lowest BCUT2D eigenvalue weighted by molar-refractivity contribution is -0.121. The minimum atomic E-state index is -0.0374. The van der Waals surface area contributed by atoms with Gasteiger partial charge in [-0.3, -0.25) is 4.79 Å². The highest BCUT2D eigenvalue weighted by molar-refractivity contribution is 6.32. The van der Waals surface area contributed by atoms with Gasteiger partial charge in [0.15, 0.2) is 11.5 Å². The van der Waals surface area contributed by atoms with Crippen molar-refractivity contribution in [3.63, 3.8) is 0 Å². The van der Waals surface area contributed by atoms with Crippen LogP contribution >= 0.6 is 11.6 Å². The van der Waals surface area contributed by atoms with Crippen molar-refractivity contribution in [3.8, 4) is 11.5 Å². The number of nitrogens with one attached hydrogen (secondary N) is 1. The lowest BCUT2D eigenvalue weighted by Crippen LogP contribution is -2.23. The Morgan fingerprint density at radius 2 is 2.13 bits per heavy atom. The first-order valence-corrected chi connectivity index (χ1v) is 7.97. The highest BCUT2D eigenvalue weighted by atomic mass is 35.5. The van der Waals surface area contributed by atoms with E-state index in [9.17, 15) is 4.79 Å². The number of rotatable bonds is 5. The Hall–Kier alpha value is -2.14. The number of hydrogen-bond acceptors (Lipinski definition) is 4. The van der Waals surface area contributed by atoms with Crippen LogP contribution in [0.4, 0.5) is 0 Å². The van der Waals surface area contributed by atoms with Crippen LogP contribution in [0, 0.1) is 0 Å². The molecular formula is C17H18ClNO4. The average molecular weight is 336 g/mol. The Bertz CT molecular complexity index is 669. The zero-order valence-electron chi connectivity index (χ0n) is 12.6. The molecule has 23 heavy (non-hydrogen) atoms. The Morgan fingerprint density at radius 3 is 2.96 bits per heavy atom.